The number of hydrogen-bond donors (Lipinski definition) is 0. The minimum atomic E-state index is -0.134. The van der Waals surface area contributed by atoms with Crippen molar-refractivity contribution in [2.75, 3.05) is 14.7 Å². The molecule has 3 nitrogen and oxygen atoms in total. The molecule has 396 valence electrons. The van der Waals surface area contributed by atoms with Gasteiger partial charge in [0.25, 0.3) is 6.71 Å². The number of fused-ring (bicyclic) bond motifs is 9. The highest BCUT2D eigenvalue weighted by molar-refractivity contribution is 7.00. The first-order valence-corrected chi connectivity index (χ1v) is 29.6. The van der Waals surface area contributed by atoms with Crippen LogP contribution in [-0.2, 0) is 43.3 Å². The third kappa shape index (κ3) is 7.46. The van der Waals surface area contributed by atoms with E-state index < -0.39 is 0 Å². The second-order valence-electron chi connectivity index (χ2n) is 31.2. The van der Waals surface area contributed by atoms with Crippen molar-refractivity contribution in [1.29, 1.82) is 0 Å². The first kappa shape index (κ1) is 51.5. The number of anilines is 8. The molecule has 0 aromatic heterocycles. The number of hydrogen-bond acceptors (Lipinski definition) is 3. The summed E-state index contributed by atoms with van der Waals surface area (Å²) < 4.78 is 0. The van der Waals surface area contributed by atoms with Gasteiger partial charge in [-0.1, -0.05) is 186 Å². The molecule has 3 heterocycles. The molecule has 4 heteroatoms. The third-order valence-corrected chi connectivity index (χ3v) is 21.2. The number of benzene rings is 6. The number of nitrogens with zero attached hydrogens (tertiary/aromatic N) is 3. The Bertz CT molecular complexity index is 3380. The normalized spacial score (nSPS) is 23.5. The van der Waals surface area contributed by atoms with Gasteiger partial charge in [-0.15, -0.1) is 0 Å². The van der Waals surface area contributed by atoms with Gasteiger partial charge in [0, 0.05) is 50.9 Å². The molecule has 0 bridgehead atoms. The summed E-state index contributed by atoms with van der Waals surface area (Å²) >= 11 is 0. The largest absolute Gasteiger partial charge is 0.334 e. The van der Waals surface area contributed by atoms with Crippen molar-refractivity contribution in [3.63, 3.8) is 0 Å². The zero-order valence-corrected chi connectivity index (χ0v) is 50.4. The monoisotopic (exact) mass is 1010 g/mol. The highest BCUT2D eigenvalue weighted by Crippen LogP contribution is 2.63. The van der Waals surface area contributed by atoms with Gasteiger partial charge in [0.2, 0.25) is 0 Å². The maximum Gasteiger partial charge on any atom is 0.252 e. The summed E-state index contributed by atoms with van der Waals surface area (Å²) in [5.74, 6) is 0. The van der Waals surface area contributed by atoms with E-state index in [9.17, 15) is 0 Å². The average molecular weight is 1010 g/mol. The van der Waals surface area contributed by atoms with Gasteiger partial charge in [0.05, 0.1) is 5.54 Å². The van der Waals surface area contributed by atoms with E-state index in [4.69, 9.17) is 0 Å². The fourth-order valence-electron chi connectivity index (χ4n) is 15.6. The average Bonchev–Trinajstić information content (AvgIpc) is 3.61. The van der Waals surface area contributed by atoms with Gasteiger partial charge in [-0.2, -0.15) is 0 Å². The van der Waals surface area contributed by atoms with Gasteiger partial charge in [0.1, 0.15) is 0 Å². The van der Waals surface area contributed by atoms with Crippen LogP contribution >= 0.6 is 0 Å². The van der Waals surface area contributed by atoms with Crippen LogP contribution in [-0.4, -0.2) is 12.3 Å². The molecule has 3 aliphatic heterocycles. The Hall–Kier alpha value is -5.22. The molecule has 0 saturated heterocycles. The summed E-state index contributed by atoms with van der Waals surface area (Å²) in [6, 6.07) is 43.2. The molecule has 0 spiro atoms. The molecule has 6 aromatic rings. The number of rotatable bonds is 3. The van der Waals surface area contributed by atoms with E-state index in [1.807, 2.05) is 0 Å². The van der Waals surface area contributed by atoms with Crippen LogP contribution in [0.3, 0.4) is 0 Å². The maximum absolute atomic E-state index is 2.86. The van der Waals surface area contributed by atoms with Gasteiger partial charge < -0.3 is 14.7 Å². The van der Waals surface area contributed by atoms with Crippen molar-refractivity contribution in [3.8, 4) is 0 Å². The topological polar surface area (TPSA) is 9.72 Å². The lowest BCUT2D eigenvalue weighted by molar-refractivity contribution is 0.195. The Morgan fingerprint density at radius 3 is 1.39 bits per heavy atom. The molecule has 0 N–H and O–H groups in total. The summed E-state index contributed by atoms with van der Waals surface area (Å²) in [5, 5.41) is 0. The Morgan fingerprint density at radius 1 is 0.355 bits per heavy atom. The lowest BCUT2D eigenvalue weighted by Gasteiger charge is -2.51. The Kier molecular flexibility index (Phi) is 11.0. The van der Waals surface area contributed by atoms with Gasteiger partial charge in [-0.25, -0.2) is 0 Å². The quantitative estimate of drug-likeness (QED) is 0.163. The molecular weight excluding hydrogens is 918 g/mol. The van der Waals surface area contributed by atoms with Crippen molar-refractivity contribution in [2.45, 2.75) is 232 Å². The summed E-state index contributed by atoms with van der Waals surface area (Å²) in [7, 11) is 0. The van der Waals surface area contributed by atoms with Gasteiger partial charge in [-0.3, -0.25) is 0 Å². The second kappa shape index (κ2) is 16.2. The van der Waals surface area contributed by atoms with Crippen LogP contribution in [0.1, 0.15) is 227 Å². The molecule has 6 aliphatic rings. The maximum atomic E-state index is 2.86. The van der Waals surface area contributed by atoms with Crippen molar-refractivity contribution in [3.05, 3.63) is 148 Å². The van der Waals surface area contributed by atoms with E-state index in [2.05, 4.69) is 249 Å². The molecule has 1 saturated carbocycles. The fourth-order valence-corrected chi connectivity index (χ4v) is 15.6. The standard InChI is InChI=1S/C72H90BN3/c1-64(2,3)45-22-26-48(27-23-45)74-59-31-25-47(66(7,8)9)39-56(59)73-57-43-53-54(70(16,17)37-36-69(53,14)15)44-60(57)75(49-28-29-51-52(40-49)68(12,13)35-34-67(51,10)11)62-42-50(41-61(74)63(62)73)76-58-30-24-46(65(4,5)6)38-55(58)71(18)32-20-21-33-72(71,76)19/h22-31,38-44H,20-21,32-37H2,1-19H3. The minimum Gasteiger partial charge on any atom is -0.334 e. The van der Waals surface area contributed by atoms with Crippen LogP contribution in [0.15, 0.2) is 103 Å². The zero-order valence-electron chi connectivity index (χ0n) is 50.4. The van der Waals surface area contributed by atoms with E-state index >= 15 is 0 Å². The van der Waals surface area contributed by atoms with Gasteiger partial charge >= 0.3 is 0 Å². The predicted molar refractivity (Wildman–Crippen MR) is 330 cm³/mol. The van der Waals surface area contributed by atoms with E-state index in [1.54, 1.807) is 0 Å². The van der Waals surface area contributed by atoms with E-state index in [0.29, 0.717) is 0 Å². The van der Waals surface area contributed by atoms with Crippen molar-refractivity contribution < 1.29 is 0 Å². The van der Waals surface area contributed by atoms with Gasteiger partial charge in [0.15, 0.2) is 0 Å². The van der Waals surface area contributed by atoms with Crippen LogP contribution in [0, 0.1) is 0 Å². The summed E-state index contributed by atoms with van der Waals surface area (Å²) in [6.07, 6.45) is 9.55. The molecule has 6 aromatic carbocycles. The predicted octanol–water partition coefficient (Wildman–Crippen LogP) is 18.1. The molecular formula is C72H90BN3. The fraction of sp³-hybridized carbons (Fsp3) is 0.500. The van der Waals surface area contributed by atoms with Crippen molar-refractivity contribution in [2.24, 2.45) is 0 Å². The van der Waals surface area contributed by atoms with Crippen LogP contribution in [0.25, 0.3) is 0 Å². The third-order valence-electron chi connectivity index (χ3n) is 21.2. The van der Waals surface area contributed by atoms with E-state index in [1.165, 1.54) is 151 Å². The van der Waals surface area contributed by atoms with E-state index in [0.717, 1.165) is 6.42 Å². The van der Waals surface area contributed by atoms with Crippen LogP contribution < -0.4 is 31.1 Å². The van der Waals surface area contributed by atoms with Crippen LogP contribution in [0.2, 0.25) is 0 Å². The smallest absolute Gasteiger partial charge is 0.252 e. The molecule has 12 rings (SSSR count). The van der Waals surface area contributed by atoms with Crippen molar-refractivity contribution >= 4 is 68.6 Å². The summed E-state index contributed by atoms with van der Waals surface area (Å²) in [6.45, 7) is 46.6. The lowest BCUT2D eigenvalue weighted by Crippen LogP contribution is -2.62. The Morgan fingerprint density at radius 2 is 0.816 bits per heavy atom. The molecule has 3 aliphatic carbocycles. The molecule has 1 fully saturated rings. The molecule has 2 unspecified atom stereocenters. The molecule has 0 radical (unpaired) electrons. The lowest BCUT2D eigenvalue weighted by atomic mass is 9.33. The zero-order chi connectivity index (χ0) is 54.5. The molecule has 2 atom stereocenters. The van der Waals surface area contributed by atoms with Crippen LogP contribution in [0.5, 0.6) is 0 Å². The Labute approximate surface area is 460 Å². The highest BCUT2D eigenvalue weighted by Gasteiger charge is 2.58. The summed E-state index contributed by atoms with van der Waals surface area (Å²) in [5.41, 5.74) is 26.5. The molecule has 76 heavy (non-hydrogen) atoms. The Balaban J connectivity index is 1.24. The SMILES string of the molecule is CC(C)(C)c1ccc(N2c3ccc(C(C)(C)C)cc3B3c4cc5c(cc4N(c4ccc6c(c4)C(C)(C)CCC6(C)C)c4cc(N6c7ccc(C(C)(C)C)cc7C7(C)CCCCC67C)cc2c43)C(C)(C)CCC5(C)C)cc1. The van der Waals surface area contributed by atoms with Crippen LogP contribution in [0.4, 0.5) is 45.5 Å². The second-order valence-corrected chi connectivity index (χ2v) is 31.2. The first-order chi connectivity index (χ1) is 35.3. The minimum absolute atomic E-state index is 0.0163. The van der Waals surface area contributed by atoms with Gasteiger partial charge in [-0.05, 0) is 199 Å². The first-order valence-electron chi connectivity index (χ1n) is 29.6. The molecule has 0 amide bonds. The summed E-state index contributed by atoms with van der Waals surface area (Å²) in [4.78, 5) is 8.33. The highest BCUT2D eigenvalue weighted by atomic mass is 15.3. The van der Waals surface area contributed by atoms with Crippen molar-refractivity contribution in [1.82, 2.24) is 0 Å². The van der Waals surface area contributed by atoms with E-state index in [-0.39, 0.29) is 55.6 Å².